The van der Waals surface area contributed by atoms with Crippen molar-refractivity contribution in [2.45, 2.75) is 39.0 Å². The summed E-state index contributed by atoms with van der Waals surface area (Å²) in [4.78, 5) is 9.87. The monoisotopic (exact) mass is 236 g/mol. The zero-order valence-corrected chi connectivity index (χ0v) is 10.6. The van der Waals surface area contributed by atoms with Gasteiger partial charge < -0.3 is 4.42 Å². The van der Waals surface area contributed by atoms with Crippen molar-refractivity contribution in [3.05, 3.63) is 34.4 Å². The number of oxazole rings is 1. The maximum Gasteiger partial charge on any atom is 0.196 e. The van der Waals surface area contributed by atoms with E-state index < -0.39 is 0 Å². The Hall–Kier alpha value is -1.16. The van der Waals surface area contributed by atoms with E-state index >= 15 is 0 Å². The molecule has 2 heterocycles. The van der Waals surface area contributed by atoms with E-state index in [1.165, 1.54) is 4.88 Å². The topological polar surface area (TPSA) is 38.9 Å². The Morgan fingerprint density at radius 2 is 2.19 bits per heavy atom. The predicted molar refractivity (Wildman–Crippen MR) is 64.8 cm³/mol. The Labute approximate surface area is 99.6 Å². The normalized spacial score (nSPS) is 13.2. The number of aromatic nitrogens is 2. The number of hydrogen-bond acceptors (Lipinski definition) is 4. The second-order valence-electron chi connectivity index (χ2n) is 4.34. The average molecular weight is 236 g/mol. The summed E-state index contributed by atoms with van der Waals surface area (Å²) in [7, 11) is 0. The molecule has 0 spiro atoms. The lowest BCUT2D eigenvalue weighted by atomic mass is 10.1. The average Bonchev–Trinajstić information content (AvgIpc) is 2.87. The molecule has 1 atom stereocenters. The molecule has 0 bridgehead atoms. The van der Waals surface area contributed by atoms with Crippen molar-refractivity contribution in [1.82, 2.24) is 9.97 Å². The van der Waals surface area contributed by atoms with Gasteiger partial charge in [-0.3, -0.25) is 4.98 Å². The van der Waals surface area contributed by atoms with Crippen molar-refractivity contribution in [1.29, 1.82) is 0 Å². The third-order valence-corrected chi connectivity index (χ3v) is 3.52. The third kappa shape index (κ3) is 2.50. The molecule has 0 saturated carbocycles. The second kappa shape index (κ2) is 4.78. The molecule has 0 aliphatic rings. The van der Waals surface area contributed by atoms with Crippen LogP contribution in [0.25, 0.3) is 0 Å². The van der Waals surface area contributed by atoms with Crippen molar-refractivity contribution >= 4 is 11.3 Å². The van der Waals surface area contributed by atoms with Gasteiger partial charge in [-0.15, -0.1) is 11.3 Å². The van der Waals surface area contributed by atoms with E-state index in [9.17, 15) is 0 Å². The predicted octanol–water partition coefficient (Wildman–Crippen LogP) is 3.60. The zero-order chi connectivity index (χ0) is 11.5. The van der Waals surface area contributed by atoms with Crippen molar-refractivity contribution in [2.75, 3.05) is 0 Å². The van der Waals surface area contributed by atoms with Gasteiger partial charge in [0.1, 0.15) is 6.26 Å². The van der Waals surface area contributed by atoms with Gasteiger partial charge in [-0.1, -0.05) is 20.8 Å². The summed E-state index contributed by atoms with van der Waals surface area (Å²) in [6.07, 6.45) is 4.62. The molecule has 0 aromatic carbocycles. The molecule has 2 aromatic heterocycles. The highest BCUT2D eigenvalue weighted by Gasteiger charge is 2.13. The standard InChI is InChI=1S/C12H16N2OS/c1-8(2)12-14-10(6-15-12)4-9(3)11-5-13-7-16-11/h5-9H,4H2,1-3H3. The summed E-state index contributed by atoms with van der Waals surface area (Å²) >= 11 is 1.69. The first-order valence-corrected chi connectivity index (χ1v) is 6.37. The minimum atomic E-state index is 0.354. The summed E-state index contributed by atoms with van der Waals surface area (Å²) in [6.45, 7) is 6.36. The van der Waals surface area contributed by atoms with Crippen LogP contribution < -0.4 is 0 Å². The van der Waals surface area contributed by atoms with Crippen molar-refractivity contribution in [2.24, 2.45) is 0 Å². The van der Waals surface area contributed by atoms with E-state index in [1.54, 1.807) is 17.6 Å². The SMILES string of the molecule is CC(C)c1nc(CC(C)c2cncs2)co1. The molecule has 0 amide bonds. The van der Waals surface area contributed by atoms with Gasteiger partial charge >= 0.3 is 0 Å². The van der Waals surface area contributed by atoms with Gasteiger partial charge in [-0.05, 0) is 5.92 Å². The highest BCUT2D eigenvalue weighted by atomic mass is 32.1. The number of thiazole rings is 1. The molecule has 0 fully saturated rings. The molecular weight excluding hydrogens is 220 g/mol. The van der Waals surface area contributed by atoms with Gasteiger partial charge in [0.25, 0.3) is 0 Å². The molecule has 16 heavy (non-hydrogen) atoms. The van der Waals surface area contributed by atoms with Gasteiger partial charge in [-0.25, -0.2) is 4.98 Å². The van der Waals surface area contributed by atoms with Gasteiger partial charge in [0, 0.05) is 23.4 Å². The lowest BCUT2D eigenvalue weighted by molar-refractivity contribution is 0.470. The Kier molecular flexibility index (Phi) is 3.39. The third-order valence-electron chi connectivity index (χ3n) is 2.52. The summed E-state index contributed by atoms with van der Waals surface area (Å²) in [6, 6.07) is 0. The Morgan fingerprint density at radius 3 is 2.75 bits per heavy atom. The van der Waals surface area contributed by atoms with Crippen LogP contribution in [0, 0.1) is 0 Å². The molecule has 86 valence electrons. The molecule has 0 N–H and O–H groups in total. The summed E-state index contributed by atoms with van der Waals surface area (Å²) < 4.78 is 5.42. The van der Waals surface area contributed by atoms with Gasteiger partial charge in [-0.2, -0.15) is 0 Å². The van der Waals surface area contributed by atoms with Crippen LogP contribution in [0.2, 0.25) is 0 Å². The van der Waals surface area contributed by atoms with E-state index in [-0.39, 0.29) is 0 Å². The Balaban J connectivity index is 2.03. The van der Waals surface area contributed by atoms with Gasteiger partial charge in [0.05, 0.1) is 11.2 Å². The zero-order valence-electron chi connectivity index (χ0n) is 9.80. The van der Waals surface area contributed by atoms with E-state index in [1.807, 2.05) is 11.7 Å². The molecule has 0 radical (unpaired) electrons. The largest absolute Gasteiger partial charge is 0.448 e. The minimum Gasteiger partial charge on any atom is -0.448 e. The maximum atomic E-state index is 5.42. The van der Waals surface area contributed by atoms with E-state index in [0.717, 1.165) is 18.0 Å². The van der Waals surface area contributed by atoms with Gasteiger partial charge in [0.15, 0.2) is 5.89 Å². The Morgan fingerprint density at radius 1 is 1.38 bits per heavy atom. The molecule has 0 aliphatic heterocycles. The first-order chi connectivity index (χ1) is 7.66. The van der Waals surface area contributed by atoms with Crippen molar-refractivity contribution in [3.63, 3.8) is 0 Å². The highest BCUT2D eigenvalue weighted by molar-refractivity contribution is 7.09. The number of rotatable bonds is 4. The molecule has 4 heteroatoms. The quantitative estimate of drug-likeness (QED) is 0.814. The summed E-state index contributed by atoms with van der Waals surface area (Å²) in [5, 5.41) is 0. The van der Waals surface area contributed by atoms with Crippen LogP contribution in [-0.2, 0) is 6.42 Å². The van der Waals surface area contributed by atoms with Crippen LogP contribution in [0.15, 0.2) is 22.4 Å². The van der Waals surface area contributed by atoms with E-state index in [0.29, 0.717) is 11.8 Å². The molecule has 2 rings (SSSR count). The molecule has 0 aliphatic carbocycles. The van der Waals surface area contributed by atoms with Crippen LogP contribution >= 0.6 is 11.3 Å². The lowest BCUT2D eigenvalue weighted by Gasteiger charge is -2.04. The van der Waals surface area contributed by atoms with Crippen molar-refractivity contribution in [3.8, 4) is 0 Å². The number of hydrogen-bond donors (Lipinski definition) is 0. The summed E-state index contributed by atoms with van der Waals surface area (Å²) in [5.74, 6) is 1.64. The molecule has 3 nitrogen and oxygen atoms in total. The van der Waals surface area contributed by atoms with Crippen LogP contribution in [-0.4, -0.2) is 9.97 Å². The number of nitrogens with zero attached hydrogens (tertiary/aromatic N) is 2. The van der Waals surface area contributed by atoms with Crippen LogP contribution in [0.5, 0.6) is 0 Å². The molecule has 2 aromatic rings. The molecular formula is C12H16N2OS. The first kappa shape index (κ1) is 11.3. The van der Waals surface area contributed by atoms with Gasteiger partial charge in [0.2, 0.25) is 0 Å². The molecule has 0 saturated heterocycles. The fourth-order valence-electron chi connectivity index (χ4n) is 1.56. The second-order valence-corrected chi connectivity index (χ2v) is 5.26. The molecule has 1 unspecified atom stereocenters. The smallest absolute Gasteiger partial charge is 0.196 e. The minimum absolute atomic E-state index is 0.354. The highest BCUT2D eigenvalue weighted by Crippen LogP contribution is 2.24. The van der Waals surface area contributed by atoms with Crippen molar-refractivity contribution < 1.29 is 4.42 Å². The van der Waals surface area contributed by atoms with E-state index in [2.05, 4.69) is 30.7 Å². The fraction of sp³-hybridized carbons (Fsp3) is 0.500. The van der Waals surface area contributed by atoms with Crippen LogP contribution in [0.4, 0.5) is 0 Å². The lowest BCUT2D eigenvalue weighted by Crippen LogP contribution is -1.97. The Bertz CT molecular complexity index is 434. The maximum absolute atomic E-state index is 5.42. The van der Waals surface area contributed by atoms with E-state index in [4.69, 9.17) is 4.42 Å². The summed E-state index contributed by atoms with van der Waals surface area (Å²) in [5.41, 5.74) is 2.90. The van der Waals surface area contributed by atoms with Crippen LogP contribution in [0.1, 0.15) is 49.1 Å². The van der Waals surface area contributed by atoms with Crippen LogP contribution in [0.3, 0.4) is 0 Å². The first-order valence-electron chi connectivity index (χ1n) is 5.49. The fourth-order valence-corrected chi connectivity index (χ4v) is 2.25.